The van der Waals surface area contributed by atoms with Crippen molar-refractivity contribution in [3.8, 4) is 5.75 Å². The Labute approximate surface area is 118 Å². The molecule has 1 N–H and O–H groups in total. The summed E-state index contributed by atoms with van der Waals surface area (Å²) in [7, 11) is 1.56. The van der Waals surface area contributed by atoms with Crippen LogP contribution < -0.4 is 4.74 Å². The van der Waals surface area contributed by atoms with E-state index in [4.69, 9.17) is 14.6 Å². The SMILES string of the molecule is CCOC(=O)C(CC(=O)O)C(C)c1cccc(OC)c1. The fraction of sp³-hybridized carbons (Fsp3) is 0.467. The van der Waals surface area contributed by atoms with Crippen LogP contribution in [0.4, 0.5) is 0 Å². The fourth-order valence-electron chi connectivity index (χ4n) is 2.06. The van der Waals surface area contributed by atoms with E-state index >= 15 is 0 Å². The van der Waals surface area contributed by atoms with Crippen molar-refractivity contribution in [2.45, 2.75) is 26.2 Å². The highest BCUT2D eigenvalue weighted by Gasteiger charge is 2.30. The first-order valence-corrected chi connectivity index (χ1v) is 6.52. The number of esters is 1. The number of hydrogen-bond acceptors (Lipinski definition) is 4. The molecule has 0 fully saturated rings. The van der Waals surface area contributed by atoms with Crippen LogP contribution in [0.1, 0.15) is 31.7 Å². The molecule has 1 aromatic carbocycles. The number of benzene rings is 1. The summed E-state index contributed by atoms with van der Waals surface area (Å²) < 4.78 is 10.1. The van der Waals surface area contributed by atoms with Crippen molar-refractivity contribution >= 4 is 11.9 Å². The third kappa shape index (κ3) is 4.26. The first-order valence-electron chi connectivity index (χ1n) is 6.52. The molecule has 0 saturated carbocycles. The van der Waals surface area contributed by atoms with E-state index in [1.54, 1.807) is 26.2 Å². The highest BCUT2D eigenvalue weighted by Crippen LogP contribution is 2.30. The molecule has 0 spiro atoms. The largest absolute Gasteiger partial charge is 0.497 e. The van der Waals surface area contributed by atoms with Crippen molar-refractivity contribution < 1.29 is 24.2 Å². The van der Waals surface area contributed by atoms with Gasteiger partial charge in [-0.2, -0.15) is 0 Å². The highest BCUT2D eigenvalue weighted by molar-refractivity contribution is 5.80. The molecular formula is C15H20O5. The smallest absolute Gasteiger partial charge is 0.310 e. The number of carboxylic acid groups (broad SMARTS) is 1. The molecule has 110 valence electrons. The van der Waals surface area contributed by atoms with Gasteiger partial charge in [0.25, 0.3) is 0 Å². The van der Waals surface area contributed by atoms with E-state index in [0.717, 1.165) is 5.56 Å². The maximum atomic E-state index is 11.9. The Hall–Kier alpha value is -2.04. The van der Waals surface area contributed by atoms with Gasteiger partial charge >= 0.3 is 11.9 Å². The fourth-order valence-corrected chi connectivity index (χ4v) is 2.06. The summed E-state index contributed by atoms with van der Waals surface area (Å²) >= 11 is 0. The molecule has 20 heavy (non-hydrogen) atoms. The molecule has 2 unspecified atom stereocenters. The van der Waals surface area contributed by atoms with E-state index in [1.165, 1.54) is 0 Å². The molecule has 0 amide bonds. The summed E-state index contributed by atoms with van der Waals surface area (Å²) in [6, 6.07) is 7.26. The Morgan fingerprint density at radius 3 is 2.60 bits per heavy atom. The third-order valence-corrected chi connectivity index (χ3v) is 3.21. The minimum Gasteiger partial charge on any atom is -0.497 e. The van der Waals surface area contributed by atoms with Crippen molar-refractivity contribution in [2.75, 3.05) is 13.7 Å². The van der Waals surface area contributed by atoms with Crippen LogP contribution in [0.5, 0.6) is 5.75 Å². The van der Waals surface area contributed by atoms with Gasteiger partial charge in [-0.3, -0.25) is 9.59 Å². The molecule has 0 aromatic heterocycles. The van der Waals surface area contributed by atoms with E-state index < -0.39 is 17.9 Å². The van der Waals surface area contributed by atoms with Crippen LogP contribution in [-0.4, -0.2) is 30.8 Å². The minimum absolute atomic E-state index is 0.236. The lowest BCUT2D eigenvalue weighted by atomic mass is 9.85. The first kappa shape index (κ1) is 16.0. The van der Waals surface area contributed by atoms with Crippen molar-refractivity contribution in [3.63, 3.8) is 0 Å². The number of rotatable bonds is 7. The molecule has 0 saturated heterocycles. The van der Waals surface area contributed by atoms with Gasteiger partial charge in [-0.25, -0.2) is 0 Å². The molecule has 0 radical (unpaired) electrons. The Morgan fingerprint density at radius 1 is 1.35 bits per heavy atom. The lowest BCUT2D eigenvalue weighted by Crippen LogP contribution is -2.26. The summed E-state index contributed by atoms with van der Waals surface area (Å²) in [4.78, 5) is 22.9. The van der Waals surface area contributed by atoms with Gasteiger partial charge in [0.15, 0.2) is 0 Å². The zero-order chi connectivity index (χ0) is 15.1. The summed E-state index contributed by atoms with van der Waals surface area (Å²) in [5.74, 6) is -1.80. The molecule has 0 aliphatic heterocycles. The molecule has 5 nitrogen and oxygen atoms in total. The van der Waals surface area contributed by atoms with Gasteiger partial charge < -0.3 is 14.6 Å². The lowest BCUT2D eigenvalue weighted by Gasteiger charge is -2.21. The second-order valence-electron chi connectivity index (χ2n) is 4.52. The standard InChI is InChI=1S/C15H20O5/c1-4-20-15(18)13(9-14(16)17)10(2)11-6-5-7-12(8-11)19-3/h5-8,10,13H,4,9H2,1-3H3,(H,16,17). The third-order valence-electron chi connectivity index (χ3n) is 3.21. The molecule has 1 aromatic rings. The van der Waals surface area contributed by atoms with Crippen LogP contribution in [-0.2, 0) is 14.3 Å². The average molecular weight is 280 g/mol. The van der Waals surface area contributed by atoms with Crippen LogP contribution in [0.3, 0.4) is 0 Å². The number of methoxy groups -OCH3 is 1. The van der Waals surface area contributed by atoms with Gasteiger partial charge in [0.2, 0.25) is 0 Å². The molecule has 0 aliphatic carbocycles. The van der Waals surface area contributed by atoms with Gasteiger partial charge in [-0.05, 0) is 30.5 Å². The zero-order valence-corrected chi connectivity index (χ0v) is 12.0. The summed E-state index contributed by atoms with van der Waals surface area (Å²) in [5.41, 5.74) is 0.851. The van der Waals surface area contributed by atoms with Gasteiger partial charge in [0.1, 0.15) is 5.75 Å². The molecule has 5 heteroatoms. The topological polar surface area (TPSA) is 72.8 Å². The zero-order valence-electron chi connectivity index (χ0n) is 12.0. The van der Waals surface area contributed by atoms with E-state index in [2.05, 4.69) is 0 Å². The van der Waals surface area contributed by atoms with E-state index in [1.807, 2.05) is 19.1 Å². The molecule has 2 atom stereocenters. The molecule has 1 rings (SSSR count). The Bertz CT molecular complexity index is 469. The monoisotopic (exact) mass is 280 g/mol. The van der Waals surface area contributed by atoms with Crippen LogP contribution in [0.25, 0.3) is 0 Å². The lowest BCUT2D eigenvalue weighted by molar-refractivity contribution is -0.153. The highest BCUT2D eigenvalue weighted by atomic mass is 16.5. The summed E-state index contributed by atoms with van der Waals surface area (Å²) in [6.07, 6.45) is -0.253. The number of hydrogen-bond donors (Lipinski definition) is 1. The van der Waals surface area contributed by atoms with Gasteiger partial charge in [0.05, 0.1) is 26.1 Å². The van der Waals surface area contributed by atoms with Crippen LogP contribution >= 0.6 is 0 Å². The van der Waals surface area contributed by atoms with Crippen LogP contribution in [0.2, 0.25) is 0 Å². The minimum atomic E-state index is -1.02. The quantitative estimate of drug-likeness (QED) is 0.777. The van der Waals surface area contributed by atoms with Crippen LogP contribution in [0, 0.1) is 5.92 Å². The second-order valence-corrected chi connectivity index (χ2v) is 4.52. The van der Waals surface area contributed by atoms with E-state index in [0.29, 0.717) is 5.75 Å². The van der Waals surface area contributed by atoms with Crippen molar-refractivity contribution in [1.82, 2.24) is 0 Å². The number of aliphatic carboxylic acids is 1. The van der Waals surface area contributed by atoms with Gasteiger partial charge in [-0.1, -0.05) is 19.1 Å². The van der Waals surface area contributed by atoms with Gasteiger partial charge in [-0.15, -0.1) is 0 Å². The predicted molar refractivity (Wildman–Crippen MR) is 73.8 cm³/mol. The van der Waals surface area contributed by atoms with E-state index in [-0.39, 0.29) is 18.9 Å². The average Bonchev–Trinajstić information content (AvgIpc) is 2.44. The Morgan fingerprint density at radius 2 is 2.05 bits per heavy atom. The second kappa shape index (κ2) is 7.53. The Kier molecular flexibility index (Phi) is 6.03. The molecule has 0 heterocycles. The predicted octanol–water partition coefficient (Wildman–Crippen LogP) is 2.45. The maximum absolute atomic E-state index is 11.9. The molecule has 0 bridgehead atoms. The summed E-state index contributed by atoms with van der Waals surface area (Å²) in [5, 5.41) is 8.97. The Balaban J connectivity index is 2.98. The molecular weight excluding hydrogens is 260 g/mol. The van der Waals surface area contributed by atoms with E-state index in [9.17, 15) is 9.59 Å². The van der Waals surface area contributed by atoms with Crippen molar-refractivity contribution in [3.05, 3.63) is 29.8 Å². The number of carbonyl (C=O) groups is 2. The summed E-state index contributed by atoms with van der Waals surface area (Å²) in [6.45, 7) is 3.75. The molecule has 0 aliphatic rings. The van der Waals surface area contributed by atoms with Gasteiger partial charge in [0, 0.05) is 0 Å². The van der Waals surface area contributed by atoms with Crippen molar-refractivity contribution in [1.29, 1.82) is 0 Å². The normalized spacial score (nSPS) is 13.3. The number of carbonyl (C=O) groups excluding carboxylic acids is 1. The number of ether oxygens (including phenoxy) is 2. The first-order chi connectivity index (χ1) is 9.49. The maximum Gasteiger partial charge on any atom is 0.310 e. The van der Waals surface area contributed by atoms with Crippen molar-refractivity contribution in [2.24, 2.45) is 5.92 Å². The van der Waals surface area contributed by atoms with Crippen LogP contribution in [0.15, 0.2) is 24.3 Å². The number of carboxylic acids is 1.